The predicted molar refractivity (Wildman–Crippen MR) is 380 cm³/mol. The molecule has 36 heteroatoms. The number of carboxylic acid groups (broad SMARTS) is 1. The van der Waals surface area contributed by atoms with Crippen molar-refractivity contribution in [2.24, 2.45) is 0 Å². The van der Waals surface area contributed by atoms with Crippen LogP contribution in [0.1, 0.15) is 161 Å². The number of aromatic nitrogens is 6. The second-order valence-electron chi connectivity index (χ2n) is 23.7. The van der Waals surface area contributed by atoms with Crippen LogP contribution in [-0.2, 0) is 76.5 Å². The molecule has 1 fully saturated rings. The van der Waals surface area contributed by atoms with E-state index in [9.17, 15) is 83.1 Å². The quantitative estimate of drug-likeness (QED) is 0.0227. The lowest BCUT2D eigenvalue weighted by Gasteiger charge is -2.14. The van der Waals surface area contributed by atoms with Crippen molar-refractivity contribution in [3.8, 4) is 0 Å². The third-order valence-corrected chi connectivity index (χ3v) is 19.5. The number of halogens is 12. The van der Waals surface area contributed by atoms with E-state index in [1.807, 2.05) is 4.57 Å². The predicted octanol–water partition coefficient (Wildman–Crippen LogP) is 14.8. The molecule has 1 saturated carbocycles. The first-order chi connectivity index (χ1) is 49.5. The van der Waals surface area contributed by atoms with Gasteiger partial charge in [-0.05, 0) is 113 Å². The Morgan fingerprint density at radius 1 is 0.477 bits per heavy atom. The Bertz CT molecular complexity index is 5100. The van der Waals surface area contributed by atoms with E-state index in [4.69, 9.17) is 51.5 Å². The molecule has 5 aliphatic rings. The number of esters is 1. The lowest BCUT2D eigenvalue weighted by atomic mass is 10.1. The number of methoxy groups -OCH3 is 1. The van der Waals surface area contributed by atoms with Crippen molar-refractivity contribution in [3.63, 3.8) is 0 Å². The van der Waals surface area contributed by atoms with Gasteiger partial charge in [-0.1, -0.05) is 68.7 Å². The maximum absolute atomic E-state index is 13.5. The number of anilines is 4. The number of aliphatic carboxylic acids is 1. The largest absolute Gasteiger partial charge is 0.475 e. The van der Waals surface area contributed by atoms with Gasteiger partial charge in [0.2, 0.25) is 0 Å². The SMILES string of the molecule is C.C.C.COC(=O)C(=O)c1c(Cl)c(C(=O)Nc2ccc(F)c(F)c2)c2n1CCC2.O=C(NC1(c2nncs2)CC1)C(=O)c1c(Cl)c(C(=O)Nc2ccc(F)c(F)c2)c2n1CCC2.O=C(Nc1ccc(F)c(F)c1)c1c(Cl)cn2c1CCC2.O=C(O)C(=O)c1c(Cl)c(C(=O)Nc2ccc(F)c(F)c2)c2n1CCC2. The zero-order valence-electron chi connectivity index (χ0n) is 53.5. The number of fused-ring (bicyclic) bond motifs is 4. The lowest BCUT2D eigenvalue weighted by molar-refractivity contribution is -0.135. The fourth-order valence-electron chi connectivity index (χ4n) is 12.3. The lowest BCUT2D eigenvalue weighted by Crippen LogP contribution is -2.40. The van der Waals surface area contributed by atoms with E-state index in [1.54, 1.807) is 16.3 Å². The summed E-state index contributed by atoms with van der Waals surface area (Å²) in [6, 6.07) is 11.9. The monoisotopic (exact) mass is 1590 g/mol. The van der Waals surface area contributed by atoms with Gasteiger partial charge in [-0.15, -0.1) is 21.5 Å². The molecule has 0 unspecified atom stereocenters. The van der Waals surface area contributed by atoms with Crippen molar-refractivity contribution >= 4 is 139 Å². The normalized spacial score (nSPS) is 13.4. The summed E-state index contributed by atoms with van der Waals surface area (Å²) in [6.45, 7) is 2.05. The van der Waals surface area contributed by atoms with E-state index in [-0.39, 0.29) is 93.9 Å². The zero-order chi connectivity index (χ0) is 74.9. The van der Waals surface area contributed by atoms with Gasteiger partial charge in [0.15, 0.2) is 46.5 Å². The van der Waals surface area contributed by atoms with Gasteiger partial charge in [-0.2, -0.15) is 0 Å². The van der Waals surface area contributed by atoms with Crippen molar-refractivity contribution < 1.29 is 92.9 Å². The summed E-state index contributed by atoms with van der Waals surface area (Å²) in [6.07, 6.45) is 8.11. The zero-order valence-corrected chi connectivity index (χ0v) is 57.4. The summed E-state index contributed by atoms with van der Waals surface area (Å²) in [7, 11) is 1.07. The van der Waals surface area contributed by atoms with Gasteiger partial charge in [-0.3, -0.25) is 38.4 Å². The van der Waals surface area contributed by atoms with Gasteiger partial charge in [0.1, 0.15) is 27.6 Å². The molecule has 0 radical (unpaired) electrons. The molecule has 9 heterocycles. The molecular weight excluding hydrogens is 1520 g/mol. The van der Waals surface area contributed by atoms with Gasteiger partial charge >= 0.3 is 11.9 Å². The van der Waals surface area contributed by atoms with Gasteiger partial charge in [-0.25, -0.2) is 44.7 Å². The summed E-state index contributed by atoms with van der Waals surface area (Å²) in [5.41, 5.74) is 3.48. The Morgan fingerprint density at radius 3 is 1.16 bits per heavy atom. The number of Topliss-reactive ketones (excluding diaryl/α,β-unsaturated/α-hetero) is 3. The first kappa shape index (κ1) is 82.1. The molecule has 4 aliphatic heterocycles. The van der Waals surface area contributed by atoms with Crippen molar-refractivity contribution in [2.75, 3.05) is 28.4 Å². The van der Waals surface area contributed by atoms with Crippen molar-refractivity contribution in [3.05, 3.63) is 218 Å². The molecule has 23 nitrogen and oxygen atoms in total. The topological polar surface area (TPSA) is 306 Å². The Kier molecular flexibility index (Phi) is 26.0. The Labute approximate surface area is 627 Å². The maximum Gasteiger partial charge on any atom is 0.381 e. The first-order valence-corrected chi connectivity index (χ1v) is 33.6. The molecule has 0 spiro atoms. The molecule has 0 bridgehead atoms. The van der Waals surface area contributed by atoms with Gasteiger partial charge in [0.25, 0.3) is 46.9 Å². The molecule has 6 N–H and O–H groups in total. The molecule has 564 valence electrons. The highest BCUT2D eigenvalue weighted by Crippen LogP contribution is 2.46. The van der Waals surface area contributed by atoms with Crippen molar-refractivity contribution in [1.82, 2.24) is 33.8 Å². The number of carbonyl (C=O) groups is 10. The molecular formula is C71H63Cl4F8N11O12S. The summed E-state index contributed by atoms with van der Waals surface area (Å²) >= 11 is 26.1. The third kappa shape index (κ3) is 16.8. The van der Waals surface area contributed by atoms with Crippen LogP contribution in [0.15, 0.2) is 84.5 Å². The van der Waals surface area contributed by atoms with Crippen LogP contribution in [0.5, 0.6) is 0 Å². The summed E-state index contributed by atoms with van der Waals surface area (Å²) in [4.78, 5) is 123. The highest BCUT2D eigenvalue weighted by atomic mass is 35.5. The number of hydrogen-bond donors (Lipinski definition) is 6. The fraction of sp³-hybridized carbons (Fsp3) is 0.268. The van der Waals surface area contributed by atoms with Crippen LogP contribution < -0.4 is 26.6 Å². The molecule has 4 aromatic carbocycles. The molecule has 5 amide bonds. The fourth-order valence-corrected chi connectivity index (χ4v) is 14.5. The van der Waals surface area contributed by atoms with Crippen LogP contribution >= 0.6 is 57.7 Å². The smallest absolute Gasteiger partial charge is 0.381 e. The standard InChI is InChI=1S/C21H16ClF2N5O3S.C17H13ClF2N2O4.C16H11ClF2N2O4.C14H11ClF2N2O.3CH4/c22-15-14(18(31)26-10-3-4-11(23)12(24)8-10)13-2-1-7-29(13)16(15)17(30)19(32)27-21(5-6-21)20-28-25-9-33-20;1-26-17(25)15(23)14-13(18)12(11-3-2-6-22(11)14)16(24)21-8-4-5-9(19)10(20)7-8;17-12-11(15(23)20-7-3-4-8(18)9(19)6-7)10-2-1-5-21(10)13(12)14(22)16(24)25;15-9-7-19-5-1-2-12(19)13(9)14(20)18-8-3-4-10(16)11(17)6-8;;;/h3-4,8-9H,1-2,5-7H2,(H,26,31)(H,27,32);4-5,7H,2-3,6H2,1H3,(H,21,24);3-4,6H,1-2,5H2,(H,20,23)(H,24,25);3-4,6-7H,1-2,5H2,(H,18,20);3*1H4. The van der Waals surface area contributed by atoms with E-state index in [1.165, 1.54) is 44.7 Å². The number of amides is 5. The first-order valence-electron chi connectivity index (χ1n) is 31.2. The van der Waals surface area contributed by atoms with Crippen molar-refractivity contribution in [2.45, 2.75) is 118 Å². The van der Waals surface area contributed by atoms with E-state index >= 15 is 0 Å². The van der Waals surface area contributed by atoms with Crippen LogP contribution in [0.2, 0.25) is 20.1 Å². The number of carboxylic acids is 1. The number of benzene rings is 4. The highest BCUT2D eigenvalue weighted by Gasteiger charge is 2.50. The molecule has 107 heavy (non-hydrogen) atoms. The van der Waals surface area contributed by atoms with Crippen LogP contribution in [0.4, 0.5) is 57.9 Å². The highest BCUT2D eigenvalue weighted by molar-refractivity contribution is 7.09. The van der Waals surface area contributed by atoms with Crippen molar-refractivity contribution in [1.29, 1.82) is 0 Å². The van der Waals surface area contributed by atoms with Crippen LogP contribution in [0, 0.1) is 46.5 Å². The average molecular weight is 1590 g/mol. The number of ether oxygens (including phenoxy) is 1. The Hall–Kier alpha value is -10.5. The van der Waals surface area contributed by atoms with Gasteiger partial charge < -0.3 is 54.7 Å². The van der Waals surface area contributed by atoms with Crippen LogP contribution in [-0.4, -0.2) is 99.5 Å². The van der Waals surface area contributed by atoms with E-state index in [0.717, 1.165) is 80.7 Å². The number of hydrogen-bond acceptors (Lipinski definition) is 14. The maximum atomic E-state index is 13.5. The molecule has 14 rings (SSSR count). The number of aryl methyl sites for hydroxylation is 1. The summed E-state index contributed by atoms with van der Waals surface area (Å²) in [5, 5.41) is 29.7. The van der Waals surface area contributed by atoms with Crippen LogP contribution in [0.3, 0.4) is 0 Å². The minimum atomic E-state index is -1.68. The average Bonchev–Trinajstić information content (AvgIpc) is 1.61. The molecule has 0 atom stereocenters. The second-order valence-corrected chi connectivity index (χ2v) is 26.1. The van der Waals surface area contributed by atoms with E-state index < -0.39 is 111 Å². The Morgan fingerprint density at radius 2 is 0.822 bits per heavy atom. The minimum absolute atomic E-state index is 0. The van der Waals surface area contributed by atoms with Crippen LogP contribution in [0.25, 0.3) is 0 Å². The van der Waals surface area contributed by atoms with E-state index in [0.29, 0.717) is 104 Å². The molecule has 9 aromatic rings. The minimum Gasteiger partial charge on any atom is -0.475 e. The third-order valence-electron chi connectivity index (χ3n) is 17.2. The van der Waals surface area contributed by atoms with E-state index in [2.05, 4.69) is 41.5 Å². The molecule has 1 aliphatic carbocycles. The number of rotatable bonds is 16. The summed E-state index contributed by atoms with van der Waals surface area (Å²) in [5.74, 6) is -17.6. The number of nitrogens with zero attached hydrogens (tertiary/aromatic N) is 6. The second kappa shape index (κ2) is 33.9. The number of carbonyl (C=O) groups excluding carboxylic acids is 9. The van der Waals surface area contributed by atoms with Gasteiger partial charge in [0, 0.05) is 102 Å². The molecule has 0 saturated heterocycles. The number of nitrogens with one attached hydrogen (secondary N) is 5. The number of ketones is 3. The Balaban J connectivity index is 0.000000181. The molecule has 5 aromatic heterocycles. The van der Waals surface area contributed by atoms with Gasteiger partial charge in [0.05, 0.1) is 55.0 Å². The summed E-state index contributed by atoms with van der Waals surface area (Å²) < 4.78 is 116.